The number of hydrogen-bond donors (Lipinski definition) is 0. The van der Waals surface area contributed by atoms with Gasteiger partial charge in [0, 0.05) is 35.1 Å². The molecular formula is C66H110N2Pd. The SMILES string of the molecule is CCCCCCCCCCCCCCCCCCCCCCC#CCCc1ccccc1C1=C(CCCC)C(CCCCCC)=C(c2cccc(CCCCCC)c2)[N+]1=[N-].[CH2-]CCC.[CH2-]CCC.[Pd+2]. The van der Waals surface area contributed by atoms with Gasteiger partial charge in [-0.15, -0.1) is 11.8 Å². The molecule has 0 spiro atoms. The van der Waals surface area contributed by atoms with Crippen LogP contribution in [0.2, 0.25) is 0 Å². The number of rotatable bonds is 39. The first-order valence-electron chi connectivity index (χ1n) is 29.7. The molecule has 69 heavy (non-hydrogen) atoms. The van der Waals surface area contributed by atoms with Crippen LogP contribution in [0.4, 0.5) is 0 Å². The number of benzene rings is 2. The summed E-state index contributed by atoms with van der Waals surface area (Å²) < 4.78 is 1.60. The van der Waals surface area contributed by atoms with E-state index >= 15 is 0 Å². The molecule has 3 rings (SSSR count). The van der Waals surface area contributed by atoms with E-state index in [1.807, 2.05) is 0 Å². The van der Waals surface area contributed by atoms with Crippen LogP contribution in [-0.4, -0.2) is 4.70 Å². The molecule has 3 heteroatoms. The van der Waals surface area contributed by atoms with Crippen LogP contribution in [0.1, 0.15) is 308 Å². The molecule has 2 aromatic rings. The van der Waals surface area contributed by atoms with Gasteiger partial charge in [0.25, 0.3) is 0 Å². The first-order valence-corrected chi connectivity index (χ1v) is 29.7. The molecule has 2 nitrogen and oxygen atoms in total. The van der Waals surface area contributed by atoms with Gasteiger partial charge in [0.1, 0.15) is 0 Å². The van der Waals surface area contributed by atoms with Gasteiger partial charge in [0.15, 0.2) is 0 Å². The van der Waals surface area contributed by atoms with Gasteiger partial charge in [0.05, 0.1) is 0 Å². The van der Waals surface area contributed by atoms with Gasteiger partial charge in [-0.25, -0.2) is 4.70 Å². The van der Waals surface area contributed by atoms with Crippen LogP contribution >= 0.6 is 0 Å². The maximum atomic E-state index is 12.3. The zero-order chi connectivity index (χ0) is 49.6. The molecule has 0 unspecified atom stereocenters. The van der Waals surface area contributed by atoms with Crippen LogP contribution in [0.3, 0.4) is 0 Å². The monoisotopic (exact) mass is 1040 g/mol. The summed E-state index contributed by atoms with van der Waals surface area (Å²) in [5, 5.41) is 0. The van der Waals surface area contributed by atoms with Gasteiger partial charge in [-0.3, -0.25) is 0 Å². The van der Waals surface area contributed by atoms with E-state index in [2.05, 4.69) is 116 Å². The van der Waals surface area contributed by atoms with Crippen LogP contribution < -0.4 is 0 Å². The zero-order valence-corrected chi connectivity index (χ0v) is 48.1. The van der Waals surface area contributed by atoms with Crippen LogP contribution in [-0.2, 0) is 33.3 Å². The van der Waals surface area contributed by atoms with E-state index in [1.54, 1.807) is 4.70 Å². The fourth-order valence-corrected chi connectivity index (χ4v) is 9.29. The fraction of sp³-hybridized carbons (Fsp3) is 0.697. The summed E-state index contributed by atoms with van der Waals surface area (Å²) in [6.07, 6.45) is 51.1. The summed E-state index contributed by atoms with van der Waals surface area (Å²) in [5.74, 6) is 7.05. The van der Waals surface area contributed by atoms with Crippen molar-refractivity contribution in [2.75, 3.05) is 0 Å². The maximum Gasteiger partial charge on any atom is 2.00 e. The Labute approximate surface area is 445 Å². The first kappa shape index (κ1) is 66.7. The topological polar surface area (TPSA) is 25.3 Å². The second-order valence-corrected chi connectivity index (χ2v) is 20.1. The average molecular weight is 1040 g/mol. The zero-order valence-electron chi connectivity index (χ0n) is 46.5. The van der Waals surface area contributed by atoms with Crippen molar-refractivity contribution in [3.8, 4) is 11.8 Å². The van der Waals surface area contributed by atoms with Gasteiger partial charge in [-0.2, -0.15) is 12.8 Å². The molecular weight excluding hydrogens is 927 g/mol. The van der Waals surface area contributed by atoms with E-state index in [-0.39, 0.29) is 20.4 Å². The van der Waals surface area contributed by atoms with Gasteiger partial charge in [-0.05, 0) is 80.7 Å². The predicted molar refractivity (Wildman–Crippen MR) is 306 cm³/mol. The van der Waals surface area contributed by atoms with Gasteiger partial charge in [0.2, 0.25) is 11.4 Å². The Morgan fingerprint density at radius 1 is 0.406 bits per heavy atom. The molecule has 0 atom stereocenters. The van der Waals surface area contributed by atoms with Crippen LogP contribution in [0, 0.1) is 25.7 Å². The Balaban J connectivity index is 0.00000475. The van der Waals surface area contributed by atoms with Gasteiger partial charge < -0.3 is 19.4 Å². The summed E-state index contributed by atoms with van der Waals surface area (Å²) in [5.41, 5.74) is 22.1. The minimum Gasteiger partial charge on any atom is -0.493 e. The Hall–Kier alpha value is -2.26. The summed E-state index contributed by atoms with van der Waals surface area (Å²) in [6.45, 7) is 20.6. The minimum atomic E-state index is 0. The standard InChI is InChI=1S/C58H92N2.2C4H9.Pd/c1-5-9-13-16-17-18-19-20-21-22-23-24-25-26-27-28-29-30-31-32-33-34-35-37-44-52-45-39-40-48-54(52)58-56(47-12-8-4)55(49-38-15-11-7-3)57(60(58)59)53-46-41-43-51(50-53)42-36-14-10-6-2;2*1-3-4-2;/h39-41,43,45-46,48,50H,5-33,36-38,42,44,47,49H2,1-4H3;2*1,3-4H2,2H3;/q;2*-1;+2. The van der Waals surface area contributed by atoms with Crippen molar-refractivity contribution >= 4 is 11.4 Å². The molecule has 1 aliphatic rings. The Morgan fingerprint density at radius 2 is 0.812 bits per heavy atom. The number of nitrogens with zero attached hydrogens (tertiary/aromatic N) is 2. The molecule has 1 aliphatic heterocycles. The van der Waals surface area contributed by atoms with Gasteiger partial charge >= 0.3 is 20.4 Å². The molecule has 394 valence electrons. The molecule has 1 heterocycles. The van der Waals surface area contributed by atoms with Crippen molar-refractivity contribution in [1.29, 1.82) is 0 Å². The largest absolute Gasteiger partial charge is 2.00 e. The summed E-state index contributed by atoms with van der Waals surface area (Å²) in [4.78, 5) is 0. The maximum absolute atomic E-state index is 12.3. The molecule has 0 aromatic heterocycles. The van der Waals surface area contributed by atoms with Crippen molar-refractivity contribution in [2.45, 2.75) is 298 Å². The predicted octanol–water partition coefficient (Wildman–Crippen LogP) is 22.5. The van der Waals surface area contributed by atoms with Crippen LogP contribution in [0.5, 0.6) is 0 Å². The fourth-order valence-electron chi connectivity index (χ4n) is 9.29. The van der Waals surface area contributed by atoms with E-state index in [1.165, 1.54) is 214 Å². The summed E-state index contributed by atoms with van der Waals surface area (Å²) >= 11 is 0. The Bertz CT molecular complexity index is 1610. The molecule has 0 amide bonds. The second kappa shape index (κ2) is 49.3. The number of allylic oxidation sites excluding steroid dienone is 2. The summed E-state index contributed by atoms with van der Waals surface area (Å²) in [6, 6.07) is 17.9. The average Bonchev–Trinajstić information content (AvgIpc) is 3.64. The molecule has 0 radical (unpaired) electrons. The third-order valence-corrected chi connectivity index (χ3v) is 13.7. The molecule has 2 aromatic carbocycles. The third-order valence-electron chi connectivity index (χ3n) is 13.7. The van der Waals surface area contributed by atoms with Crippen LogP contribution in [0.15, 0.2) is 59.7 Å². The van der Waals surface area contributed by atoms with Crippen LogP contribution in [0.25, 0.3) is 16.9 Å². The molecule has 0 saturated carbocycles. The summed E-state index contributed by atoms with van der Waals surface area (Å²) in [7, 11) is 0. The minimum absolute atomic E-state index is 0. The molecule has 0 N–H and O–H groups in total. The van der Waals surface area contributed by atoms with E-state index < -0.39 is 0 Å². The molecule has 0 bridgehead atoms. The molecule has 0 aliphatic carbocycles. The van der Waals surface area contributed by atoms with E-state index in [0.717, 1.165) is 87.6 Å². The second-order valence-electron chi connectivity index (χ2n) is 20.1. The number of hydrogen-bond acceptors (Lipinski definition) is 0. The molecule has 0 fully saturated rings. The van der Waals surface area contributed by atoms with Crippen molar-refractivity contribution in [2.24, 2.45) is 0 Å². The van der Waals surface area contributed by atoms with E-state index in [9.17, 15) is 5.53 Å². The first-order chi connectivity index (χ1) is 33.5. The number of aryl methyl sites for hydroxylation is 2. The Kier molecular flexibility index (Phi) is 47.7. The van der Waals surface area contributed by atoms with Crippen molar-refractivity contribution in [1.82, 2.24) is 0 Å². The van der Waals surface area contributed by atoms with E-state index in [4.69, 9.17) is 0 Å². The quantitative estimate of drug-likeness (QED) is 0.0210. The van der Waals surface area contributed by atoms with Crippen molar-refractivity contribution in [3.05, 3.63) is 101 Å². The van der Waals surface area contributed by atoms with E-state index in [0.29, 0.717) is 0 Å². The van der Waals surface area contributed by atoms with Crippen molar-refractivity contribution in [3.63, 3.8) is 0 Å². The molecule has 0 saturated heterocycles. The third kappa shape index (κ3) is 32.4. The number of unbranched alkanes of at least 4 members (excludes halogenated alkanes) is 29. The smallest absolute Gasteiger partial charge is 0.493 e. The van der Waals surface area contributed by atoms with Crippen molar-refractivity contribution < 1.29 is 25.1 Å². The Morgan fingerprint density at radius 3 is 1.30 bits per heavy atom. The normalized spacial score (nSPS) is 12.0. The van der Waals surface area contributed by atoms with Gasteiger partial charge in [-0.1, -0.05) is 252 Å².